The fourth-order valence-electron chi connectivity index (χ4n) is 3.00. The topological polar surface area (TPSA) is 123 Å². The fourth-order valence-corrected chi connectivity index (χ4v) is 4.54. The lowest BCUT2D eigenvalue weighted by atomic mass is 10.2. The van der Waals surface area contributed by atoms with Crippen molar-refractivity contribution in [1.29, 1.82) is 0 Å². The molecular formula is C22H18ClN3O6S. The van der Waals surface area contributed by atoms with Crippen LogP contribution in [0.15, 0.2) is 71.6 Å². The number of carbonyl (C=O) groups excluding carboxylic acids is 2. The highest BCUT2D eigenvalue weighted by atomic mass is 35.5. The predicted molar refractivity (Wildman–Crippen MR) is 119 cm³/mol. The Morgan fingerprint density at radius 1 is 0.848 bits per heavy atom. The molecule has 1 heterocycles. The van der Waals surface area contributed by atoms with Gasteiger partial charge >= 0.3 is 0 Å². The lowest BCUT2D eigenvalue weighted by Crippen LogP contribution is -2.41. The lowest BCUT2D eigenvalue weighted by molar-refractivity contribution is 0.0846. The van der Waals surface area contributed by atoms with Gasteiger partial charge in [0.15, 0.2) is 11.5 Å². The third-order valence-electron chi connectivity index (χ3n) is 4.72. The van der Waals surface area contributed by atoms with E-state index < -0.39 is 21.8 Å². The molecule has 0 unspecified atom stereocenters. The number of benzene rings is 3. The Kier molecular flexibility index (Phi) is 6.50. The van der Waals surface area contributed by atoms with Crippen molar-refractivity contribution in [2.75, 3.05) is 6.79 Å². The van der Waals surface area contributed by atoms with E-state index in [1.54, 1.807) is 30.3 Å². The molecule has 1 aliphatic heterocycles. The highest BCUT2D eigenvalue weighted by Crippen LogP contribution is 2.32. The predicted octanol–water partition coefficient (Wildman–Crippen LogP) is 2.62. The Labute approximate surface area is 194 Å². The highest BCUT2D eigenvalue weighted by Gasteiger charge is 2.21. The van der Waals surface area contributed by atoms with Gasteiger partial charge in [-0.2, -0.15) is 0 Å². The van der Waals surface area contributed by atoms with Crippen molar-refractivity contribution < 1.29 is 27.5 Å². The molecule has 4 rings (SSSR count). The molecule has 0 fully saturated rings. The Morgan fingerprint density at radius 2 is 1.48 bits per heavy atom. The second kappa shape index (κ2) is 9.49. The molecule has 9 nitrogen and oxygen atoms in total. The van der Waals surface area contributed by atoms with E-state index in [4.69, 9.17) is 21.1 Å². The Morgan fingerprint density at radius 3 is 2.21 bits per heavy atom. The largest absolute Gasteiger partial charge is 0.454 e. The number of fused-ring (bicyclic) bond motifs is 1. The molecule has 170 valence electrons. The van der Waals surface area contributed by atoms with Crippen molar-refractivity contribution in [3.05, 3.63) is 88.4 Å². The maximum absolute atomic E-state index is 12.7. The minimum atomic E-state index is -4.00. The molecule has 0 bridgehead atoms. The van der Waals surface area contributed by atoms with Crippen LogP contribution >= 0.6 is 11.6 Å². The summed E-state index contributed by atoms with van der Waals surface area (Å²) in [5, 5.41) is -0.0449. The summed E-state index contributed by atoms with van der Waals surface area (Å²) in [4.78, 5) is 24.6. The zero-order chi connectivity index (χ0) is 23.4. The molecule has 0 aliphatic carbocycles. The van der Waals surface area contributed by atoms with Crippen molar-refractivity contribution >= 4 is 33.4 Å². The zero-order valence-corrected chi connectivity index (χ0v) is 18.6. The van der Waals surface area contributed by atoms with Gasteiger partial charge in [0.25, 0.3) is 11.8 Å². The number of hydrogen-bond donors (Lipinski definition) is 3. The highest BCUT2D eigenvalue weighted by molar-refractivity contribution is 7.89. The van der Waals surface area contributed by atoms with Crippen LogP contribution in [0.25, 0.3) is 0 Å². The third-order valence-corrected chi connectivity index (χ3v) is 6.60. The third kappa shape index (κ3) is 5.25. The molecule has 0 saturated heterocycles. The number of carbonyl (C=O) groups is 2. The van der Waals surface area contributed by atoms with Crippen molar-refractivity contribution in [2.45, 2.75) is 11.4 Å². The number of hydrazine groups is 1. The maximum Gasteiger partial charge on any atom is 0.269 e. The maximum atomic E-state index is 12.7. The van der Waals surface area contributed by atoms with E-state index in [0.29, 0.717) is 11.5 Å². The summed E-state index contributed by atoms with van der Waals surface area (Å²) in [6, 6.07) is 17.3. The monoisotopic (exact) mass is 487 g/mol. The molecule has 0 radical (unpaired) electrons. The lowest BCUT2D eigenvalue weighted by Gasteiger charge is -2.11. The molecule has 2 amide bonds. The summed E-state index contributed by atoms with van der Waals surface area (Å²) in [7, 11) is -4.00. The summed E-state index contributed by atoms with van der Waals surface area (Å²) < 4.78 is 38.3. The first-order chi connectivity index (χ1) is 15.8. The van der Waals surface area contributed by atoms with Gasteiger partial charge in [0, 0.05) is 17.7 Å². The summed E-state index contributed by atoms with van der Waals surface area (Å²) in [6.45, 7) is 0.126. The van der Waals surface area contributed by atoms with Crippen LogP contribution in [0.4, 0.5) is 0 Å². The molecule has 0 aromatic heterocycles. The summed E-state index contributed by atoms with van der Waals surface area (Å²) >= 11 is 6.08. The Bertz CT molecular complexity index is 1310. The van der Waals surface area contributed by atoms with Crippen LogP contribution in [0.2, 0.25) is 5.02 Å². The summed E-state index contributed by atoms with van der Waals surface area (Å²) in [6.07, 6.45) is 0. The van der Waals surface area contributed by atoms with Crippen molar-refractivity contribution in [3.8, 4) is 11.5 Å². The van der Waals surface area contributed by atoms with Crippen LogP contribution < -0.4 is 25.0 Å². The standard InChI is InChI=1S/C22H18ClN3O6S/c23-17-8-6-16(11-20(17)33(29,30)24-12-14-4-2-1-3-5-14)22(28)26-25-21(27)15-7-9-18-19(10-15)32-13-31-18/h1-11,24H,12-13H2,(H,25,27)(H,26,28). The molecule has 3 N–H and O–H groups in total. The number of rotatable bonds is 6. The molecule has 0 saturated carbocycles. The summed E-state index contributed by atoms with van der Waals surface area (Å²) in [5.74, 6) is -0.371. The van der Waals surface area contributed by atoms with Gasteiger partial charge in [-0.15, -0.1) is 0 Å². The second-order valence-corrected chi connectivity index (χ2v) is 9.07. The first-order valence-electron chi connectivity index (χ1n) is 9.67. The van der Waals surface area contributed by atoms with Crippen LogP contribution in [0, 0.1) is 0 Å². The zero-order valence-electron chi connectivity index (χ0n) is 17.0. The van der Waals surface area contributed by atoms with Gasteiger partial charge in [-0.25, -0.2) is 13.1 Å². The number of nitrogens with one attached hydrogen (secondary N) is 3. The van der Waals surface area contributed by atoms with E-state index in [2.05, 4.69) is 15.6 Å². The first-order valence-corrected chi connectivity index (χ1v) is 11.5. The number of sulfonamides is 1. The van der Waals surface area contributed by atoms with Crippen LogP contribution in [0.1, 0.15) is 26.3 Å². The average Bonchev–Trinajstić information content (AvgIpc) is 3.30. The average molecular weight is 488 g/mol. The van der Waals surface area contributed by atoms with Crippen LogP contribution in [-0.4, -0.2) is 27.0 Å². The van der Waals surface area contributed by atoms with Gasteiger partial charge in [0.05, 0.1) is 5.02 Å². The molecular weight excluding hydrogens is 470 g/mol. The molecule has 33 heavy (non-hydrogen) atoms. The molecule has 3 aromatic rings. The van der Waals surface area contributed by atoms with Crippen LogP contribution in [-0.2, 0) is 16.6 Å². The normalized spacial score (nSPS) is 12.3. The van der Waals surface area contributed by atoms with Gasteiger partial charge in [-0.3, -0.25) is 20.4 Å². The van der Waals surface area contributed by atoms with Crippen molar-refractivity contribution in [3.63, 3.8) is 0 Å². The van der Waals surface area contributed by atoms with Crippen LogP contribution in [0.3, 0.4) is 0 Å². The smallest absolute Gasteiger partial charge is 0.269 e. The number of hydrogen-bond acceptors (Lipinski definition) is 6. The Hall–Kier alpha value is -3.60. The SMILES string of the molecule is O=C(NNC(=O)c1ccc(Cl)c(S(=O)(=O)NCc2ccccc2)c1)c1ccc2c(c1)OCO2. The van der Waals surface area contributed by atoms with Gasteiger partial charge in [0.2, 0.25) is 16.8 Å². The summed E-state index contributed by atoms with van der Waals surface area (Å²) in [5.41, 5.74) is 5.52. The Balaban J connectivity index is 1.43. The van der Waals surface area contributed by atoms with E-state index in [0.717, 1.165) is 11.6 Å². The van der Waals surface area contributed by atoms with E-state index in [1.807, 2.05) is 6.07 Å². The second-order valence-electron chi connectivity index (χ2n) is 6.93. The molecule has 1 aliphatic rings. The van der Waals surface area contributed by atoms with Crippen LogP contribution in [0.5, 0.6) is 11.5 Å². The first kappa shape index (κ1) is 22.6. The van der Waals surface area contributed by atoms with E-state index in [-0.39, 0.29) is 34.4 Å². The number of ether oxygens (including phenoxy) is 2. The molecule has 0 atom stereocenters. The van der Waals surface area contributed by atoms with Gasteiger partial charge in [-0.1, -0.05) is 41.9 Å². The molecule has 0 spiro atoms. The van der Waals surface area contributed by atoms with E-state index in [9.17, 15) is 18.0 Å². The number of halogens is 1. The fraction of sp³-hybridized carbons (Fsp3) is 0.0909. The van der Waals surface area contributed by atoms with Gasteiger partial charge in [-0.05, 0) is 42.0 Å². The quantitative estimate of drug-likeness (QED) is 0.459. The van der Waals surface area contributed by atoms with Crippen molar-refractivity contribution in [1.82, 2.24) is 15.6 Å². The molecule has 3 aromatic carbocycles. The van der Waals surface area contributed by atoms with Gasteiger partial charge < -0.3 is 9.47 Å². The van der Waals surface area contributed by atoms with Gasteiger partial charge in [0.1, 0.15) is 4.90 Å². The van der Waals surface area contributed by atoms with E-state index >= 15 is 0 Å². The minimum absolute atomic E-state index is 0.00882. The van der Waals surface area contributed by atoms with Crippen molar-refractivity contribution in [2.24, 2.45) is 0 Å². The molecule has 11 heteroatoms. The number of amides is 2. The van der Waals surface area contributed by atoms with E-state index in [1.165, 1.54) is 24.3 Å². The minimum Gasteiger partial charge on any atom is -0.454 e.